The molecule has 0 radical (unpaired) electrons. The van der Waals surface area contributed by atoms with Gasteiger partial charge in [-0.1, -0.05) is 112 Å². The predicted molar refractivity (Wildman–Crippen MR) is 236 cm³/mol. The summed E-state index contributed by atoms with van der Waals surface area (Å²) in [6.45, 7) is 20.7. The molecule has 0 amide bonds. The normalized spacial score (nSPS) is 26.8. The molecular formula is C50H81F5O4S. The smallest absolute Gasteiger partial charge is 0.453 e. The topological polar surface area (TPSA) is 69.6 Å². The molecular weight excluding hydrogens is 792 g/mol. The molecule has 10 atom stereocenters. The van der Waals surface area contributed by atoms with Crippen LogP contribution in [0.4, 0.5) is 22.0 Å². The van der Waals surface area contributed by atoms with E-state index < -0.39 is 36.1 Å². The van der Waals surface area contributed by atoms with Crippen LogP contribution in [0, 0.1) is 51.8 Å². The van der Waals surface area contributed by atoms with E-state index in [1.54, 1.807) is 0 Å². The van der Waals surface area contributed by atoms with Gasteiger partial charge in [0.1, 0.15) is 23.4 Å². The number of halogens is 5. The number of ether oxygens (including phenoxy) is 1. The number of rotatable bonds is 22. The molecule has 2 fully saturated rings. The number of hydrogen-bond donors (Lipinski definition) is 1. The molecule has 60 heavy (non-hydrogen) atoms. The van der Waals surface area contributed by atoms with E-state index in [0.29, 0.717) is 47.5 Å². The second-order valence-corrected chi connectivity index (χ2v) is 24.1. The standard InChI is InChI=1S/C50H81F5O4S/c1-34(32-46(3,4)5)19-21-39(35(2)33-47(6,7)8)45(57)59-43-24-23-42-44-36(30-37-31-38(56)20-22-40(37)41(44)25-27-48(42,43)9)18-15-13-11-10-12-14-16-28-60(58)29-17-26-49(51,52)50(53,54)55/h20,22,31,34-36,39,41-44,56H,10-19,21,23-30,32-33H2,1-9H3. The summed E-state index contributed by atoms with van der Waals surface area (Å²) in [7, 11) is 0. The van der Waals surface area contributed by atoms with Gasteiger partial charge in [-0.05, 0) is 153 Å². The molecule has 3 aliphatic rings. The highest BCUT2D eigenvalue weighted by Crippen LogP contribution is 2.63. The van der Waals surface area contributed by atoms with Gasteiger partial charge in [0.05, 0.1) is 5.92 Å². The van der Waals surface area contributed by atoms with Gasteiger partial charge in [-0.25, -0.2) is 0 Å². The molecule has 1 aromatic carbocycles. The lowest BCUT2D eigenvalue weighted by atomic mass is 9.52. The van der Waals surface area contributed by atoms with E-state index in [-0.39, 0.29) is 45.9 Å². The molecule has 1 aromatic rings. The van der Waals surface area contributed by atoms with E-state index in [2.05, 4.69) is 68.4 Å². The Hall–Kier alpha value is -1.55. The third kappa shape index (κ3) is 14.5. The maximum Gasteiger partial charge on any atom is 0.453 e. The number of aromatic hydroxyl groups is 1. The molecule has 0 spiro atoms. The van der Waals surface area contributed by atoms with Crippen molar-refractivity contribution in [3.05, 3.63) is 29.3 Å². The molecule has 3 aliphatic carbocycles. The monoisotopic (exact) mass is 873 g/mol. The van der Waals surface area contributed by atoms with E-state index in [0.717, 1.165) is 103 Å². The molecule has 346 valence electrons. The van der Waals surface area contributed by atoms with Crippen molar-refractivity contribution in [3.63, 3.8) is 0 Å². The van der Waals surface area contributed by atoms with Crippen molar-refractivity contribution >= 4 is 17.1 Å². The number of unbranched alkanes of at least 4 members (excludes halogenated alkanes) is 6. The summed E-state index contributed by atoms with van der Waals surface area (Å²) in [6.07, 6.45) is 9.81. The summed E-state index contributed by atoms with van der Waals surface area (Å²) >= 11 is -1.38. The SMILES string of the molecule is CC(CCC(C(=O)OC1CCC2C3C(CCCCCCCCC[S+]([O-])CCCC(F)(F)C(F)(F)F)Cc4cc(O)ccc4C3CCC12C)C(C)CC(C)(C)C)CC(C)(C)C. The summed E-state index contributed by atoms with van der Waals surface area (Å²) in [5, 5.41) is 10.5. The number of benzene rings is 1. The highest BCUT2D eigenvalue weighted by atomic mass is 32.2. The Labute approximate surface area is 363 Å². The average Bonchev–Trinajstić information content (AvgIpc) is 3.43. The molecule has 4 rings (SSSR count). The Balaban J connectivity index is 1.32. The van der Waals surface area contributed by atoms with E-state index in [4.69, 9.17) is 4.74 Å². The zero-order valence-electron chi connectivity index (χ0n) is 38.7. The number of phenolic OH excluding ortho intramolecular Hbond substituents is 1. The lowest BCUT2D eigenvalue weighted by Crippen LogP contribution is -2.48. The molecule has 0 heterocycles. The summed E-state index contributed by atoms with van der Waals surface area (Å²) in [4.78, 5) is 14.4. The summed E-state index contributed by atoms with van der Waals surface area (Å²) in [5.41, 5.74) is 3.02. The number of phenols is 1. The Bertz CT molecular complexity index is 1490. The Morgan fingerprint density at radius 3 is 2.12 bits per heavy atom. The van der Waals surface area contributed by atoms with Crippen LogP contribution in [0.3, 0.4) is 0 Å². The van der Waals surface area contributed by atoms with Gasteiger partial charge in [0.15, 0.2) is 0 Å². The summed E-state index contributed by atoms with van der Waals surface area (Å²) in [5.74, 6) is -1.53. The van der Waals surface area contributed by atoms with Crippen molar-refractivity contribution in [3.8, 4) is 5.75 Å². The highest BCUT2D eigenvalue weighted by molar-refractivity contribution is 7.91. The molecule has 2 saturated carbocycles. The average molecular weight is 873 g/mol. The van der Waals surface area contributed by atoms with Crippen LogP contribution in [-0.4, -0.2) is 45.3 Å². The van der Waals surface area contributed by atoms with Gasteiger partial charge in [-0.3, -0.25) is 4.79 Å². The first-order valence-electron chi connectivity index (χ1n) is 23.6. The van der Waals surface area contributed by atoms with Crippen molar-refractivity contribution in [2.24, 2.45) is 51.8 Å². The van der Waals surface area contributed by atoms with Gasteiger partial charge in [0.25, 0.3) is 0 Å². The van der Waals surface area contributed by atoms with Crippen molar-refractivity contribution in [2.75, 3.05) is 11.5 Å². The molecule has 0 aromatic heterocycles. The molecule has 0 bridgehead atoms. The van der Waals surface area contributed by atoms with Crippen LogP contribution in [0.1, 0.15) is 195 Å². The van der Waals surface area contributed by atoms with E-state index in [9.17, 15) is 36.4 Å². The molecule has 10 heteroatoms. The van der Waals surface area contributed by atoms with E-state index in [1.165, 1.54) is 11.1 Å². The Kier molecular flexibility index (Phi) is 18.2. The highest BCUT2D eigenvalue weighted by Gasteiger charge is 2.59. The number of carbonyl (C=O) groups is 1. The third-order valence-electron chi connectivity index (χ3n) is 14.6. The van der Waals surface area contributed by atoms with Gasteiger partial charge in [0, 0.05) is 11.8 Å². The zero-order chi connectivity index (χ0) is 44.7. The number of alkyl halides is 5. The zero-order valence-corrected chi connectivity index (χ0v) is 39.5. The number of hydrogen-bond acceptors (Lipinski definition) is 4. The summed E-state index contributed by atoms with van der Waals surface area (Å²) in [6, 6.07) is 6.00. The largest absolute Gasteiger partial charge is 0.616 e. The number of esters is 1. The lowest BCUT2D eigenvalue weighted by molar-refractivity contribution is -0.284. The van der Waals surface area contributed by atoms with Crippen LogP contribution in [0.2, 0.25) is 0 Å². The second kappa shape index (κ2) is 21.4. The predicted octanol–water partition coefficient (Wildman–Crippen LogP) is 14.8. The summed E-state index contributed by atoms with van der Waals surface area (Å²) < 4.78 is 82.3. The van der Waals surface area contributed by atoms with Crippen LogP contribution in [-0.2, 0) is 27.1 Å². The van der Waals surface area contributed by atoms with E-state index >= 15 is 0 Å². The Morgan fingerprint density at radius 1 is 0.867 bits per heavy atom. The van der Waals surface area contributed by atoms with Crippen LogP contribution in [0.5, 0.6) is 5.75 Å². The van der Waals surface area contributed by atoms with Gasteiger partial charge in [-0.2, -0.15) is 22.0 Å². The maximum absolute atomic E-state index is 14.4. The molecule has 0 saturated heterocycles. The van der Waals surface area contributed by atoms with Crippen molar-refractivity contribution in [1.82, 2.24) is 0 Å². The van der Waals surface area contributed by atoms with Gasteiger partial charge >= 0.3 is 18.1 Å². The first-order valence-corrected chi connectivity index (χ1v) is 25.1. The quantitative estimate of drug-likeness (QED) is 0.0545. The second-order valence-electron chi connectivity index (χ2n) is 22.4. The van der Waals surface area contributed by atoms with Crippen molar-refractivity contribution in [2.45, 2.75) is 208 Å². The minimum absolute atomic E-state index is 0.0187. The van der Waals surface area contributed by atoms with Gasteiger partial charge in [-0.15, -0.1) is 0 Å². The van der Waals surface area contributed by atoms with Crippen LogP contribution in [0.15, 0.2) is 18.2 Å². The van der Waals surface area contributed by atoms with Crippen molar-refractivity contribution < 1.29 is 41.1 Å². The van der Waals surface area contributed by atoms with Crippen molar-refractivity contribution in [1.29, 1.82) is 0 Å². The molecule has 10 unspecified atom stereocenters. The minimum atomic E-state index is -5.56. The molecule has 0 aliphatic heterocycles. The van der Waals surface area contributed by atoms with Crippen LogP contribution in [0.25, 0.3) is 0 Å². The van der Waals surface area contributed by atoms with Gasteiger partial charge in [0.2, 0.25) is 0 Å². The Morgan fingerprint density at radius 2 is 1.48 bits per heavy atom. The first kappa shape index (κ1) is 51.1. The molecule has 4 nitrogen and oxygen atoms in total. The van der Waals surface area contributed by atoms with Crippen LogP contribution < -0.4 is 0 Å². The lowest BCUT2D eigenvalue weighted by Gasteiger charge is -2.53. The minimum Gasteiger partial charge on any atom is -0.616 e. The fraction of sp³-hybridized carbons (Fsp3) is 0.860. The number of carbonyl (C=O) groups excluding carboxylic acids is 1. The number of fused-ring (bicyclic) bond motifs is 5. The van der Waals surface area contributed by atoms with Gasteiger partial charge < -0.3 is 14.4 Å². The molecule has 1 N–H and O–H groups in total. The third-order valence-corrected chi connectivity index (χ3v) is 16.1. The maximum atomic E-state index is 14.4. The van der Waals surface area contributed by atoms with Crippen LogP contribution >= 0.6 is 0 Å². The fourth-order valence-corrected chi connectivity index (χ4v) is 13.2. The first-order chi connectivity index (χ1) is 27.8. The van der Waals surface area contributed by atoms with E-state index in [1.807, 2.05) is 12.1 Å². The fourth-order valence-electron chi connectivity index (χ4n) is 12.0.